The molecule has 0 aliphatic heterocycles. The van der Waals surface area contributed by atoms with Crippen LogP contribution in [-0.2, 0) is 0 Å². The van der Waals surface area contributed by atoms with Gasteiger partial charge in [-0.2, -0.15) is 11.8 Å². The minimum Gasteiger partial charge on any atom is -0.356 e. The monoisotopic (exact) mass is 305 g/mol. The summed E-state index contributed by atoms with van der Waals surface area (Å²) in [6.45, 7) is 3.15. The highest BCUT2D eigenvalue weighted by atomic mass is 32.2. The molecule has 3 unspecified atom stereocenters. The molecule has 0 bridgehead atoms. The quantitative estimate of drug-likeness (QED) is 0.648. The molecule has 0 amide bonds. The first-order valence-electron chi connectivity index (χ1n) is 7.77. The van der Waals surface area contributed by atoms with Gasteiger partial charge in [0.25, 0.3) is 0 Å². The third kappa shape index (κ3) is 4.95. The van der Waals surface area contributed by atoms with Gasteiger partial charge in [0.1, 0.15) is 0 Å². The van der Waals surface area contributed by atoms with E-state index in [0.29, 0.717) is 12.0 Å². The highest BCUT2D eigenvalue weighted by molar-refractivity contribution is 7.99. The molecule has 1 aliphatic rings. The van der Waals surface area contributed by atoms with Crippen LogP contribution in [0.4, 0.5) is 0 Å². The van der Waals surface area contributed by atoms with Crippen molar-refractivity contribution >= 4 is 17.7 Å². The average Bonchev–Trinajstić information content (AvgIpc) is 2.99. The van der Waals surface area contributed by atoms with Crippen LogP contribution in [0.3, 0.4) is 0 Å². The smallest absolute Gasteiger partial charge is 0.191 e. The minimum atomic E-state index is 0.479. The summed E-state index contributed by atoms with van der Waals surface area (Å²) in [6, 6.07) is 11.2. The van der Waals surface area contributed by atoms with Gasteiger partial charge in [-0.3, -0.25) is 4.99 Å². The zero-order valence-corrected chi connectivity index (χ0v) is 14.1. The van der Waals surface area contributed by atoms with Gasteiger partial charge >= 0.3 is 0 Å². The average molecular weight is 305 g/mol. The van der Waals surface area contributed by atoms with E-state index in [9.17, 15) is 0 Å². The summed E-state index contributed by atoms with van der Waals surface area (Å²) < 4.78 is 0. The molecule has 0 heterocycles. The zero-order chi connectivity index (χ0) is 15.1. The maximum atomic E-state index is 4.36. The fourth-order valence-corrected chi connectivity index (χ4v) is 3.62. The number of benzene rings is 1. The summed E-state index contributed by atoms with van der Waals surface area (Å²) in [4.78, 5) is 4.36. The first-order chi connectivity index (χ1) is 10.2. The molecule has 1 aliphatic carbocycles. The molecule has 4 heteroatoms. The number of nitrogens with one attached hydrogen (secondary N) is 2. The third-order valence-electron chi connectivity index (χ3n) is 4.23. The van der Waals surface area contributed by atoms with Crippen LogP contribution >= 0.6 is 11.8 Å². The number of thioether (sulfide) groups is 1. The molecule has 0 aromatic heterocycles. The summed E-state index contributed by atoms with van der Waals surface area (Å²) >= 11 is 1.99. The predicted molar refractivity (Wildman–Crippen MR) is 94.3 cm³/mol. The van der Waals surface area contributed by atoms with E-state index in [4.69, 9.17) is 0 Å². The van der Waals surface area contributed by atoms with Crippen LogP contribution in [0.1, 0.15) is 37.7 Å². The van der Waals surface area contributed by atoms with E-state index in [1.54, 1.807) is 0 Å². The van der Waals surface area contributed by atoms with E-state index in [0.717, 1.165) is 17.8 Å². The van der Waals surface area contributed by atoms with Crippen molar-refractivity contribution in [2.75, 3.05) is 19.8 Å². The lowest BCUT2D eigenvalue weighted by atomic mass is 10.0. The first-order valence-corrected chi connectivity index (χ1v) is 9.06. The first kappa shape index (κ1) is 16.2. The lowest BCUT2D eigenvalue weighted by Crippen LogP contribution is -2.43. The normalized spacial score (nSPS) is 23.9. The van der Waals surface area contributed by atoms with Gasteiger partial charge in [0.15, 0.2) is 5.96 Å². The van der Waals surface area contributed by atoms with Crippen molar-refractivity contribution in [3.8, 4) is 0 Å². The molecular weight excluding hydrogens is 278 g/mol. The van der Waals surface area contributed by atoms with E-state index in [2.05, 4.69) is 59.1 Å². The summed E-state index contributed by atoms with van der Waals surface area (Å²) in [6.07, 6.45) is 6.02. The van der Waals surface area contributed by atoms with Gasteiger partial charge in [0.2, 0.25) is 0 Å². The second kappa shape index (κ2) is 8.32. The molecule has 0 spiro atoms. The van der Waals surface area contributed by atoms with Crippen molar-refractivity contribution in [1.82, 2.24) is 10.6 Å². The Bertz CT molecular complexity index is 447. The molecule has 3 nitrogen and oxygen atoms in total. The van der Waals surface area contributed by atoms with Crippen LogP contribution in [0.25, 0.3) is 0 Å². The minimum absolute atomic E-state index is 0.479. The van der Waals surface area contributed by atoms with Crippen molar-refractivity contribution in [3.05, 3.63) is 35.9 Å². The van der Waals surface area contributed by atoms with Crippen molar-refractivity contribution in [2.24, 2.45) is 4.99 Å². The van der Waals surface area contributed by atoms with Gasteiger partial charge in [-0.05, 0) is 37.0 Å². The largest absolute Gasteiger partial charge is 0.356 e. The molecule has 21 heavy (non-hydrogen) atoms. The van der Waals surface area contributed by atoms with E-state index >= 15 is 0 Å². The number of nitrogens with zero attached hydrogens (tertiary/aromatic N) is 1. The number of rotatable bonds is 5. The fraction of sp³-hybridized carbons (Fsp3) is 0.588. The van der Waals surface area contributed by atoms with Gasteiger partial charge < -0.3 is 10.6 Å². The molecule has 1 saturated carbocycles. The summed E-state index contributed by atoms with van der Waals surface area (Å²) in [7, 11) is 1.85. The van der Waals surface area contributed by atoms with Gasteiger partial charge in [0, 0.05) is 24.9 Å². The maximum Gasteiger partial charge on any atom is 0.191 e. The van der Waals surface area contributed by atoms with Crippen LogP contribution in [0.15, 0.2) is 35.3 Å². The number of aliphatic imine (C=N–C) groups is 1. The third-order valence-corrected chi connectivity index (χ3v) is 5.32. The highest BCUT2D eigenvalue weighted by Crippen LogP contribution is 2.28. The number of hydrogen-bond donors (Lipinski definition) is 2. The number of hydrogen-bond acceptors (Lipinski definition) is 2. The molecule has 3 atom stereocenters. The van der Waals surface area contributed by atoms with Gasteiger partial charge in [0.05, 0.1) is 0 Å². The van der Waals surface area contributed by atoms with Crippen LogP contribution in [0.2, 0.25) is 0 Å². The van der Waals surface area contributed by atoms with Gasteiger partial charge in [-0.25, -0.2) is 0 Å². The Morgan fingerprint density at radius 2 is 2.10 bits per heavy atom. The molecule has 0 radical (unpaired) electrons. The Balaban J connectivity index is 1.78. The van der Waals surface area contributed by atoms with Gasteiger partial charge in [-0.1, -0.05) is 37.3 Å². The van der Waals surface area contributed by atoms with Crippen LogP contribution in [-0.4, -0.2) is 37.1 Å². The lowest BCUT2D eigenvalue weighted by Gasteiger charge is -2.19. The van der Waals surface area contributed by atoms with Gasteiger partial charge in [-0.15, -0.1) is 0 Å². The molecule has 1 fully saturated rings. The van der Waals surface area contributed by atoms with E-state index < -0.39 is 0 Å². The Kier molecular flexibility index (Phi) is 6.43. The summed E-state index contributed by atoms with van der Waals surface area (Å²) in [5.41, 5.74) is 1.36. The van der Waals surface area contributed by atoms with E-state index in [1.165, 1.54) is 24.8 Å². The molecule has 1 aromatic carbocycles. The fourth-order valence-electron chi connectivity index (χ4n) is 2.82. The summed E-state index contributed by atoms with van der Waals surface area (Å²) in [5, 5.41) is 7.83. The van der Waals surface area contributed by atoms with E-state index in [-0.39, 0.29) is 0 Å². The molecule has 2 rings (SSSR count). The SMILES string of the molecule is CN=C(NCC(C)c1ccccc1)NC1CCC(SC)C1. The molecule has 0 saturated heterocycles. The molecular formula is C17H27N3S. The van der Waals surface area contributed by atoms with Crippen molar-refractivity contribution in [3.63, 3.8) is 0 Å². The van der Waals surface area contributed by atoms with Crippen molar-refractivity contribution < 1.29 is 0 Å². The molecule has 2 N–H and O–H groups in total. The zero-order valence-electron chi connectivity index (χ0n) is 13.3. The van der Waals surface area contributed by atoms with Crippen LogP contribution in [0.5, 0.6) is 0 Å². The Morgan fingerprint density at radius 1 is 1.33 bits per heavy atom. The van der Waals surface area contributed by atoms with E-state index in [1.807, 2.05) is 18.8 Å². The standard InChI is InChI=1S/C17H27N3S/c1-13(14-7-5-4-6-8-14)12-19-17(18-2)20-15-9-10-16(11-15)21-3/h4-8,13,15-16H,9-12H2,1-3H3,(H2,18,19,20). The van der Waals surface area contributed by atoms with Crippen LogP contribution in [0, 0.1) is 0 Å². The molecule has 1 aromatic rings. The lowest BCUT2D eigenvalue weighted by molar-refractivity contribution is 0.606. The predicted octanol–water partition coefficient (Wildman–Crippen LogP) is 3.24. The Hall–Kier alpha value is -1.16. The van der Waals surface area contributed by atoms with Crippen molar-refractivity contribution in [1.29, 1.82) is 0 Å². The maximum absolute atomic E-state index is 4.36. The highest BCUT2D eigenvalue weighted by Gasteiger charge is 2.24. The number of guanidine groups is 1. The topological polar surface area (TPSA) is 36.4 Å². The second-order valence-corrected chi connectivity index (χ2v) is 6.91. The van der Waals surface area contributed by atoms with Crippen LogP contribution < -0.4 is 10.6 Å². The summed E-state index contributed by atoms with van der Waals surface area (Å²) in [5.74, 6) is 1.41. The Morgan fingerprint density at radius 3 is 2.71 bits per heavy atom. The second-order valence-electron chi connectivity index (χ2n) is 5.78. The Labute approximate surface area is 133 Å². The van der Waals surface area contributed by atoms with Crippen molar-refractivity contribution in [2.45, 2.75) is 43.4 Å². The molecule has 116 valence electrons.